The summed E-state index contributed by atoms with van der Waals surface area (Å²) in [6, 6.07) is 67.8. The Kier molecular flexibility index (Phi) is 8.09. The summed E-state index contributed by atoms with van der Waals surface area (Å²) in [6.07, 6.45) is 0. The van der Waals surface area contributed by atoms with Gasteiger partial charge in [-0.25, -0.2) is 4.98 Å². The zero-order valence-corrected chi connectivity index (χ0v) is 33.1. The van der Waals surface area contributed by atoms with Crippen LogP contribution in [0.1, 0.15) is 4.11 Å². The molecule has 8 aromatic carbocycles. The summed E-state index contributed by atoms with van der Waals surface area (Å²) >= 11 is 0. The van der Waals surface area contributed by atoms with Crippen LogP contribution in [0, 0.1) is 18.8 Å². The van der Waals surface area contributed by atoms with Gasteiger partial charge in [0, 0.05) is 77.4 Å². The molecule has 2 aromatic heterocycles. The largest absolute Gasteiger partial charge is 0.509 e. The van der Waals surface area contributed by atoms with Crippen molar-refractivity contribution < 1.29 is 29.9 Å². The number of anilines is 4. The molecule has 0 bridgehead atoms. The number of fused-ring (bicyclic) bond motifs is 5. The van der Waals surface area contributed by atoms with Crippen LogP contribution in [0.4, 0.5) is 22.7 Å². The Labute approximate surface area is 355 Å². The van der Waals surface area contributed by atoms with Gasteiger partial charge in [-0.1, -0.05) is 127 Å². The van der Waals surface area contributed by atoms with Gasteiger partial charge in [0.05, 0.1) is 11.0 Å². The molecule has 0 N–H and O–H groups in total. The first-order valence-electron chi connectivity index (χ1n) is 20.3. The minimum atomic E-state index is -2.49. The van der Waals surface area contributed by atoms with Crippen LogP contribution in [0.25, 0.3) is 61.0 Å². The van der Waals surface area contributed by atoms with E-state index in [9.17, 15) is 0 Å². The molecule has 7 heteroatoms. The average Bonchev–Trinajstić information content (AvgIpc) is 3.97. The molecule has 0 spiro atoms. The average molecular weight is 931 g/mol. The number of aryl methyl sites for hydroxylation is 1. The molecule has 0 saturated heterocycles. The van der Waals surface area contributed by atoms with Crippen molar-refractivity contribution in [3.05, 3.63) is 201 Å². The topological polar surface area (TPSA) is 38.5 Å². The van der Waals surface area contributed by atoms with Crippen LogP contribution in [0.2, 0.25) is 0 Å². The number of benzene rings is 8. The molecule has 282 valence electrons. The monoisotopic (exact) mass is 930 g/mol. The van der Waals surface area contributed by atoms with Crippen molar-refractivity contribution in [2.45, 2.75) is 0 Å². The molecule has 1 aliphatic rings. The van der Waals surface area contributed by atoms with Crippen LogP contribution in [0.5, 0.6) is 11.5 Å². The van der Waals surface area contributed by atoms with E-state index in [0.717, 1.165) is 61.3 Å². The van der Waals surface area contributed by atoms with Gasteiger partial charge in [-0.15, -0.1) is 48.1 Å². The number of imidazole rings is 1. The molecule has 0 radical (unpaired) electrons. The van der Waals surface area contributed by atoms with Crippen molar-refractivity contribution in [2.75, 3.05) is 9.80 Å². The summed E-state index contributed by atoms with van der Waals surface area (Å²) in [6.45, 7) is -0.359. The zero-order valence-electron chi connectivity index (χ0n) is 33.9. The summed E-state index contributed by atoms with van der Waals surface area (Å²) in [5.74, 6) is 1.23. The molecule has 3 heterocycles. The van der Waals surface area contributed by atoms with Gasteiger partial charge < -0.3 is 23.7 Å². The predicted molar refractivity (Wildman–Crippen MR) is 232 cm³/mol. The summed E-state index contributed by atoms with van der Waals surface area (Å²) in [5, 5.41) is 1.85. The summed E-state index contributed by atoms with van der Waals surface area (Å²) in [4.78, 5) is 9.28. The molecule has 6 nitrogen and oxygen atoms in total. The number of ether oxygens (including phenoxy) is 1. The second kappa shape index (κ2) is 14.6. The summed E-state index contributed by atoms with van der Waals surface area (Å²) < 4.78 is 35.3. The van der Waals surface area contributed by atoms with E-state index in [1.165, 1.54) is 4.57 Å². The maximum Gasteiger partial charge on any atom is 0.213 e. The smallest absolute Gasteiger partial charge is 0.213 e. The number of aromatic nitrogens is 3. The van der Waals surface area contributed by atoms with Crippen LogP contribution in [0.3, 0.4) is 0 Å². The fourth-order valence-electron chi connectivity index (χ4n) is 8.05. The molecule has 0 aliphatic carbocycles. The van der Waals surface area contributed by atoms with Gasteiger partial charge in [0.25, 0.3) is 0 Å². The van der Waals surface area contributed by atoms with E-state index < -0.39 is 6.98 Å². The van der Waals surface area contributed by atoms with Crippen molar-refractivity contribution in [3.8, 4) is 39.7 Å². The van der Waals surface area contributed by atoms with E-state index in [-0.39, 0.29) is 27.0 Å². The van der Waals surface area contributed by atoms with Crippen molar-refractivity contribution in [3.63, 3.8) is 0 Å². The zero-order chi connectivity index (χ0) is 40.4. The van der Waals surface area contributed by atoms with E-state index in [2.05, 4.69) is 120 Å². The molecule has 11 rings (SSSR count). The molecule has 1 aliphatic heterocycles. The third-order valence-corrected chi connectivity index (χ3v) is 10.6. The number of rotatable bonds is 7. The maximum atomic E-state index is 8.51. The minimum absolute atomic E-state index is 0. The van der Waals surface area contributed by atoms with Gasteiger partial charge in [-0.05, 0) is 46.8 Å². The SMILES string of the molecule is [2H]C([2H])([2H])n1c(-n2c3[c-]c(Oc4[c-]c(N5[CH-]N(c6c(-c7ccccc7)cccc6-c6ccccc6)c6ccccc65)ccc4)ccc3c3ccccc32)nc2ccccc21.[Pt]. The van der Waals surface area contributed by atoms with E-state index in [1.807, 2.05) is 89.5 Å². The maximum absolute atomic E-state index is 8.51. The van der Waals surface area contributed by atoms with Crippen molar-refractivity contribution >= 4 is 55.6 Å². The molecule has 0 unspecified atom stereocenters. The Morgan fingerprint density at radius 1 is 0.552 bits per heavy atom. The first-order valence-corrected chi connectivity index (χ1v) is 18.8. The Bertz CT molecular complexity index is 3180. The minimum Gasteiger partial charge on any atom is -0.509 e. The van der Waals surface area contributed by atoms with Gasteiger partial charge in [0.2, 0.25) is 5.95 Å². The van der Waals surface area contributed by atoms with Crippen molar-refractivity contribution in [2.24, 2.45) is 6.98 Å². The van der Waals surface area contributed by atoms with Crippen LogP contribution in [0.15, 0.2) is 182 Å². The Morgan fingerprint density at radius 3 is 1.91 bits per heavy atom. The van der Waals surface area contributed by atoms with Gasteiger partial charge in [0.1, 0.15) is 0 Å². The number of hydrogen-bond acceptors (Lipinski definition) is 4. The van der Waals surface area contributed by atoms with E-state index in [4.69, 9.17) is 13.8 Å². The van der Waals surface area contributed by atoms with Gasteiger partial charge in [-0.2, -0.15) is 12.1 Å². The predicted octanol–water partition coefficient (Wildman–Crippen LogP) is 12.8. The van der Waals surface area contributed by atoms with Crippen LogP contribution in [-0.4, -0.2) is 14.1 Å². The Hall–Kier alpha value is -6.88. The van der Waals surface area contributed by atoms with Crippen LogP contribution >= 0.6 is 0 Å². The molecule has 0 saturated carbocycles. The molecule has 58 heavy (non-hydrogen) atoms. The number of para-hydroxylation sites is 6. The summed E-state index contributed by atoms with van der Waals surface area (Å²) in [5.41, 5.74) is 11.0. The fraction of sp³-hybridized carbons (Fsp3) is 0.0196. The van der Waals surface area contributed by atoms with Gasteiger partial charge in [-0.3, -0.25) is 0 Å². The standard InChI is InChI=1S/C51H34N5O.Pt/c1-53-46-27-11-9-25-44(46)52-51(53)56-45-26-10-8-22-42(45)43-31-30-39(33-49(43)56)57-38-21-14-20-37(32-38)54-34-55(48-29-13-12-28-47(48)54)50-40(35-16-4-2-5-17-35)23-15-24-41(50)36-18-6-3-7-19-36;/h2-31,34H,1H3;/q-3;/i1D3;. The van der Waals surface area contributed by atoms with E-state index in [1.54, 1.807) is 6.07 Å². The second-order valence-corrected chi connectivity index (χ2v) is 14.0. The third kappa shape index (κ3) is 5.88. The van der Waals surface area contributed by atoms with E-state index >= 15 is 0 Å². The van der Waals surface area contributed by atoms with Crippen molar-refractivity contribution in [1.29, 1.82) is 0 Å². The molecule has 0 fully saturated rings. The molecule has 0 amide bonds. The molecule has 10 aromatic rings. The fourth-order valence-corrected chi connectivity index (χ4v) is 8.05. The quantitative estimate of drug-likeness (QED) is 0.149. The second-order valence-electron chi connectivity index (χ2n) is 14.0. The molecule has 0 atom stereocenters. The first-order chi connectivity index (χ1) is 29.4. The van der Waals surface area contributed by atoms with Crippen molar-refractivity contribution in [1.82, 2.24) is 14.1 Å². The Balaban J connectivity index is 0.00000445. The van der Waals surface area contributed by atoms with Crippen LogP contribution < -0.4 is 14.5 Å². The Morgan fingerprint density at radius 2 is 1.17 bits per heavy atom. The first kappa shape index (κ1) is 32.2. The van der Waals surface area contributed by atoms with Gasteiger partial charge in [0.15, 0.2) is 0 Å². The molecular weight excluding hydrogens is 894 g/mol. The van der Waals surface area contributed by atoms with Gasteiger partial charge >= 0.3 is 0 Å². The van der Waals surface area contributed by atoms with E-state index in [0.29, 0.717) is 28.0 Å². The number of hydrogen-bond donors (Lipinski definition) is 0. The molecular formula is C51H34N5OPt-3. The third-order valence-electron chi connectivity index (χ3n) is 10.6. The summed E-state index contributed by atoms with van der Waals surface area (Å²) in [7, 11) is 0. The number of nitrogens with zero attached hydrogens (tertiary/aromatic N) is 5. The normalized spacial score (nSPS) is 13.3. The van der Waals surface area contributed by atoms with Crippen LogP contribution in [-0.2, 0) is 28.0 Å².